The SMILES string of the molecule is O=C1Nc2cc(S(=O)(=O)NC3CCCCCCC3)ccc2SC[C@H]1CC(=O)N1CCCC1. The zero-order valence-corrected chi connectivity index (χ0v) is 20.1. The zero-order chi connectivity index (χ0) is 22.6. The van der Waals surface area contributed by atoms with E-state index in [2.05, 4.69) is 10.0 Å². The van der Waals surface area contributed by atoms with Crippen molar-refractivity contribution >= 4 is 39.3 Å². The van der Waals surface area contributed by atoms with Gasteiger partial charge in [-0.05, 0) is 43.9 Å². The lowest BCUT2D eigenvalue weighted by Crippen LogP contribution is -2.35. The summed E-state index contributed by atoms with van der Waals surface area (Å²) >= 11 is 1.50. The topological polar surface area (TPSA) is 95.6 Å². The largest absolute Gasteiger partial charge is 0.343 e. The number of likely N-dealkylation sites (tertiary alicyclic amines) is 1. The number of hydrogen-bond donors (Lipinski definition) is 2. The number of carbonyl (C=O) groups is 2. The van der Waals surface area contributed by atoms with Gasteiger partial charge >= 0.3 is 0 Å². The number of fused-ring (bicyclic) bond motifs is 1. The molecule has 7 nitrogen and oxygen atoms in total. The number of amides is 2. The van der Waals surface area contributed by atoms with Crippen LogP contribution in [0.4, 0.5) is 5.69 Å². The molecule has 2 amide bonds. The summed E-state index contributed by atoms with van der Waals surface area (Å²) in [6.45, 7) is 1.55. The Bertz CT molecular complexity index is 937. The lowest BCUT2D eigenvalue weighted by Gasteiger charge is -2.21. The number of benzene rings is 1. The summed E-state index contributed by atoms with van der Waals surface area (Å²) in [6, 6.07) is 4.89. The molecule has 32 heavy (non-hydrogen) atoms. The standard InChI is InChI=1S/C23H33N3O4S2/c27-22(26-12-6-7-13-26)14-17-16-31-21-11-10-19(15-20(21)24-23(17)28)32(29,30)25-18-8-4-2-1-3-5-9-18/h10-11,15,17-18,25H,1-9,12-14,16H2,(H,24,28)/t17-/m1/s1. The Morgan fingerprint density at radius 2 is 1.75 bits per heavy atom. The lowest BCUT2D eigenvalue weighted by atomic mass is 9.97. The highest BCUT2D eigenvalue weighted by Gasteiger charge is 2.30. The van der Waals surface area contributed by atoms with Crippen molar-refractivity contribution in [1.29, 1.82) is 0 Å². The molecule has 0 spiro atoms. The maximum atomic E-state index is 13.0. The molecule has 0 unspecified atom stereocenters. The van der Waals surface area contributed by atoms with E-state index in [1.165, 1.54) is 18.2 Å². The smallest absolute Gasteiger partial charge is 0.240 e. The van der Waals surface area contributed by atoms with Crippen LogP contribution in [0.3, 0.4) is 0 Å². The van der Waals surface area contributed by atoms with Crippen LogP contribution in [0.25, 0.3) is 0 Å². The average molecular weight is 480 g/mol. The first-order chi connectivity index (χ1) is 15.4. The third-order valence-corrected chi connectivity index (χ3v) is 9.39. The molecular formula is C23H33N3O4S2. The molecule has 2 heterocycles. The van der Waals surface area contributed by atoms with Crippen molar-refractivity contribution in [1.82, 2.24) is 9.62 Å². The summed E-state index contributed by atoms with van der Waals surface area (Å²) in [5.41, 5.74) is 0.511. The Labute approximate surface area is 195 Å². The molecule has 0 radical (unpaired) electrons. The predicted molar refractivity (Wildman–Crippen MR) is 126 cm³/mol. The average Bonchev–Trinajstić information content (AvgIpc) is 3.23. The van der Waals surface area contributed by atoms with Crippen LogP contribution in [0.1, 0.15) is 64.2 Å². The van der Waals surface area contributed by atoms with E-state index in [1.807, 2.05) is 4.90 Å². The van der Waals surface area contributed by atoms with Gasteiger partial charge in [-0.25, -0.2) is 13.1 Å². The number of rotatable bonds is 5. The number of anilines is 1. The highest BCUT2D eigenvalue weighted by Crippen LogP contribution is 2.35. The second kappa shape index (κ2) is 10.6. The monoisotopic (exact) mass is 479 g/mol. The van der Waals surface area contributed by atoms with Crippen LogP contribution in [0, 0.1) is 5.92 Å². The second-order valence-electron chi connectivity index (χ2n) is 9.11. The van der Waals surface area contributed by atoms with Crippen molar-refractivity contribution in [3.8, 4) is 0 Å². The Balaban J connectivity index is 1.43. The minimum Gasteiger partial charge on any atom is -0.343 e. The summed E-state index contributed by atoms with van der Waals surface area (Å²) in [5.74, 6) is -0.106. The van der Waals surface area contributed by atoms with Gasteiger partial charge in [0.25, 0.3) is 0 Å². The van der Waals surface area contributed by atoms with Crippen LogP contribution in [0.5, 0.6) is 0 Å². The quantitative estimate of drug-likeness (QED) is 0.671. The van der Waals surface area contributed by atoms with E-state index in [9.17, 15) is 18.0 Å². The molecule has 176 valence electrons. The molecule has 1 aliphatic carbocycles. The molecule has 9 heteroatoms. The van der Waals surface area contributed by atoms with Gasteiger partial charge in [0.2, 0.25) is 21.8 Å². The van der Waals surface area contributed by atoms with E-state index >= 15 is 0 Å². The van der Waals surface area contributed by atoms with Gasteiger partial charge in [-0.2, -0.15) is 0 Å². The fourth-order valence-corrected chi connectivity index (χ4v) is 7.13. The maximum absolute atomic E-state index is 13.0. The number of hydrogen-bond acceptors (Lipinski definition) is 5. The number of carbonyl (C=O) groups excluding carboxylic acids is 2. The van der Waals surface area contributed by atoms with E-state index in [0.717, 1.165) is 69.4 Å². The first kappa shape index (κ1) is 23.6. The molecule has 2 fully saturated rings. The molecule has 2 N–H and O–H groups in total. The Hall–Kier alpha value is -1.58. The molecule has 1 saturated heterocycles. The van der Waals surface area contributed by atoms with E-state index in [1.54, 1.807) is 18.2 Å². The van der Waals surface area contributed by atoms with Gasteiger partial charge < -0.3 is 10.2 Å². The van der Waals surface area contributed by atoms with Crippen molar-refractivity contribution in [2.24, 2.45) is 5.92 Å². The van der Waals surface area contributed by atoms with Crippen LogP contribution in [-0.4, -0.2) is 50.0 Å². The third-order valence-electron chi connectivity index (χ3n) is 6.64. The summed E-state index contributed by atoms with van der Waals surface area (Å²) in [4.78, 5) is 28.2. The molecule has 3 aliphatic rings. The summed E-state index contributed by atoms with van der Waals surface area (Å²) in [6.07, 6.45) is 9.59. The van der Waals surface area contributed by atoms with Crippen LogP contribution >= 0.6 is 11.8 Å². The van der Waals surface area contributed by atoms with Gasteiger partial charge in [0, 0.05) is 36.2 Å². The van der Waals surface area contributed by atoms with E-state index in [-0.39, 0.29) is 29.2 Å². The van der Waals surface area contributed by atoms with Crippen LogP contribution in [0.15, 0.2) is 28.0 Å². The molecule has 4 rings (SSSR count). The van der Waals surface area contributed by atoms with Crippen LogP contribution in [0.2, 0.25) is 0 Å². The molecule has 1 aromatic rings. The number of thioether (sulfide) groups is 1. The Kier molecular flexibility index (Phi) is 7.78. The second-order valence-corrected chi connectivity index (χ2v) is 11.9. The van der Waals surface area contributed by atoms with Gasteiger partial charge in [0.1, 0.15) is 0 Å². The van der Waals surface area contributed by atoms with Crippen LogP contribution < -0.4 is 10.0 Å². The number of nitrogens with zero attached hydrogens (tertiary/aromatic N) is 1. The highest BCUT2D eigenvalue weighted by atomic mass is 32.2. The van der Waals surface area contributed by atoms with Gasteiger partial charge in [-0.15, -0.1) is 11.8 Å². The van der Waals surface area contributed by atoms with Crippen molar-refractivity contribution in [2.75, 3.05) is 24.2 Å². The first-order valence-corrected chi connectivity index (χ1v) is 14.3. The lowest BCUT2D eigenvalue weighted by molar-refractivity contribution is -0.133. The van der Waals surface area contributed by atoms with Crippen molar-refractivity contribution < 1.29 is 18.0 Å². The fourth-order valence-electron chi connectivity index (χ4n) is 4.72. The number of sulfonamides is 1. The molecule has 1 aromatic carbocycles. The molecule has 2 aliphatic heterocycles. The van der Waals surface area contributed by atoms with E-state index in [0.29, 0.717) is 11.4 Å². The van der Waals surface area contributed by atoms with Gasteiger partial charge in [-0.1, -0.05) is 32.1 Å². The van der Waals surface area contributed by atoms with Crippen LogP contribution in [-0.2, 0) is 19.6 Å². The molecule has 0 bridgehead atoms. The molecule has 1 saturated carbocycles. The van der Waals surface area contributed by atoms with E-state index in [4.69, 9.17) is 0 Å². The van der Waals surface area contributed by atoms with E-state index < -0.39 is 15.9 Å². The summed E-state index contributed by atoms with van der Waals surface area (Å²) < 4.78 is 28.9. The van der Waals surface area contributed by atoms with Crippen molar-refractivity contribution in [3.63, 3.8) is 0 Å². The minimum atomic E-state index is -3.67. The van der Waals surface area contributed by atoms with Crippen molar-refractivity contribution in [2.45, 2.75) is 80.0 Å². The Morgan fingerprint density at radius 1 is 1.06 bits per heavy atom. The minimum absolute atomic E-state index is 0.0286. The molecule has 0 aromatic heterocycles. The molecule has 1 atom stereocenters. The van der Waals surface area contributed by atoms with Gasteiger partial charge in [0.15, 0.2) is 0 Å². The Morgan fingerprint density at radius 3 is 2.47 bits per heavy atom. The fraction of sp³-hybridized carbons (Fsp3) is 0.652. The van der Waals surface area contributed by atoms with Crippen molar-refractivity contribution in [3.05, 3.63) is 18.2 Å². The maximum Gasteiger partial charge on any atom is 0.240 e. The zero-order valence-electron chi connectivity index (χ0n) is 18.5. The normalized spacial score (nSPS) is 23.1. The number of nitrogens with one attached hydrogen (secondary N) is 2. The third kappa shape index (κ3) is 5.85. The summed E-state index contributed by atoms with van der Waals surface area (Å²) in [7, 11) is -3.67. The first-order valence-electron chi connectivity index (χ1n) is 11.8. The van der Waals surface area contributed by atoms with Gasteiger partial charge in [-0.3, -0.25) is 9.59 Å². The molecular weight excluding hydrogens is 446 g/mol. The summed E-state index contributed by atoms with van der Waals surface area (Å²) in [5, 5.41) is 2.88. The highest BCUT2D eigenvalue weighted by molar-refractivity contribution is 7.99. The van der Waals surface area contributed by atoms with Gasteiger partial charge in [0.05, 0.1) is 16.5 Å². The predicted octanol–water partition coefficient (Wildman–Crippen LogP) is 3.75.